The SMILES string of the molecule is O=C(O)[C@@H]1C[C@H]2CCCC[C@H]2N1Cc1coc(-c2cccc(F)c2)n1. The van der Waals surface area contributed by atoms with Gasteiger partial charge in [0, 0.05) is 18.2 Å². The third kappa shape index (κ3) is 3.18. The average molecular weight is 344 g/mol. The molecule has 2 fully saturated rings. The molecule has 0 amide bonds. The van der Waals surface area contributed by atoms with Gasteiger partial charge in [-0.1, -0.05) is 18.9 Å². The summed E-state index contributed by atoms with van der Waals surface area (Å²) >= 11 is 0. The highest BCUT2D eigenvalue weighted by atomic mass is 19.1. The summed E-state index contributed by atoms with van der Waals surface area (Å²) in [6, 6.07) is 5.96. The molecule has 25 heavy (non-hydrogen) atoms. The Hall–Kier alpha value is -2.21. The Balaban J connectivity index is 1.55. The number of oxazole rings is 1. The second-order valence-electron chi connectivity index (χ2n) is 7.03. The smallest absolute Gasteiger partial charge is 0.320 e. The number of rotatable bonds is 4. The van der Waals surface area contributed by atoms with Crippen LogP contribution in [0.4, 0.5) is 4.39 Å². The fraction of sp³-hybridized carbons (Fsp3) is 0.474. The molecule has 0 radical (unpaired) electrons. The number of aromatic nitrogens is 1. The van der Waals surface area contributed by atoms with Crippen LogP contribution in [0.2, 0.25) is 0 Å². The molecule has 1 aliphatic heterocycles. The first kappa shape index (κ1) is 16.3. The monoisotopic (exact) mass is 344 g/mol. The first-order valence-electron chi connectivity index (χ1n) is 8.80. The van der Waals surface area contributed by atoms with Crippen molar-refractivity contribution in [2.75, 3.05) is 0 Å². The second-order valence-corrected chi connectivity index (χ2v) is 7.03. The van der Waals surface area contributed by atoms with Gasteiger partial charge < -0.3 is 9.52 Å². The summed E-state index contributed by atoms with van der Waals surface area (Å²) in [5, 5.41) is 9.60. The number of carbonyl (C=O) groups is 1. The Morgan fingerprint density at radius 1 is 1.36 bits per heavy atom. The van der Waals surface area contributed by atoms with E-state index in [4.69, 9.17) is 4.42 Å². The van der Waals surface area contributed by atoms with E-state index in [2.05, 4.69) is 9.88 Å². The zero-order chi connectivity index (χ0) is 17.4. The van der Waals surface area contributed by atoms with E-state index in [9.17, 15) is 14.3 Å². The van der Waals surface area contributed by atoms with Crippen molar-refractivity contribution in [2.45, 2.75) is 50.7 Å². The Labute approximate surface area is 145 Å². The number of nitrogens with zero attached hydrogens (tertiary/aromatic N) is 2. The lowest BCUT2D eigenvalue weighted by molar-refractivity contribution is -0.142. The van der Waals surface area contributed by atoms with Crippen LogP contribution in [0, 0.1) is 11.7 Å². The maximum Gasteiger partial charge on any atom is 0.320 e. The van der Waals surface area contributed by atoms with Gasteiger partial charge in [0.1, 0.15) is 18.1 Å². The minimum Gasteiger partial charge on any atom is -0.480 e. The van der Waals surface area contributed by atoms with E-state index in [1.54, 1.807) is 18.4 Å². The van der Waals surface area contributed by atoms with Gasteiger partial charge in [-0.05, 0) is 43.4 Å². The van der Waals surface area contributed by atoms with Crippen LogP contribution < -0.4 is 0 Å². The Morgan fingerprint density at radius 2 is 2.20 bits per heavy atom. The lowest BCUT2D eigenvalue weighted by Gasteiger charge is -2.32. The molecule has 3 atom stereocenters. The second kappa shape index (κ2) is 6.59. The molecule has 1 aliphatic carbocycles. The van der Waals surface area contributed by atoms with E-state index in [1.807, 2.05) is 0 Å². The Bertz CT molecular complexity index is 776. The molecule has 0 unspecified atom stereocenters. The van der Waals surface area contributed by atoms with Gasteiger partial charge in [-0.25, -0.2) is 9.37 Å². The van der Waals surface area contributed by atoms with Crippen molar-refractivity contribution in [3.63, 3.8) is 0 Å². The minimum atomic E-state index is -0.761. The molecular formula is C19H21FN2O3. The maximum atomic E-state index is 13.4. The number of likely N-dealkylation sites (tertiary alicyclic amines) is 1. The molecule has 132 valence electrons. The van der Waals surface area contributed by atoms with Crippen molar-refractivity contribution in [3.05, 3.63) is 42.0 Å². The van der Waals surface area contributed by atoms with Gasteiger partial charge in [0.25, 0.3) is 0 Å². The molecule has 2 heterocycles. The van der Waals surface area contributed by atoms with Crippen LogP contribution in [0.15, 0.2) is 34.9 Å². The molecule has 0 bridgehead atoms. The molecule has 4 rings (SSSR count). The largest absolute Gasteiger partial charge is 0.480 e. The summed E-state index contributed by atoms with van der Waals surface area (Å²) in [6.07, 6.45) is 6.76. The third-order valence-electron chi connectivity index (χ3n) is 5.47. The molecule has 5 nitrogen and oxygen atoms in total. The molecule has 2 aliphatic rings. The van der Waals surface area contributed by atoms with Gasteiger partial charge in [-0.3, -0.25) is 9.69 Å². The van der Waals surface area contributed by atoms with Gasteiger partial charge in [0.2, 0.25) is 5.89 Å². The maximum absolute atomic E-state index is 13.4. The fourth-order valence-corrected chi connectivity index (χ4v) is 4.34. The molecule has 1 saturated heterocycles. The van der Waals surface area contributed by atoms with Crippen LogP contribution in [-0.4, -0.2) is 33.0 Å². The van der Waals surface area contributed by atoms with Gasteiger partial charge >= 0.3 is 5.97 Å². The first-order valence-corrected chi connectivity index (χ1v) is 8.80. The zero-order valence-electron chi connectivity index (χ0n) is 13.9. The van der Waals surface area contributed by atoms with Crippen LogP contribution in [0.3, 0.4) is 0 Å². The van der Waals surface area contributed by atoms with Gasteiger partial charge in [0.15, 0.2) is 0 Å². The lowest BCUT2D eigenvalue weighted by Crippen LogP contribution is -2.41. The Morgan fingerprint density at radius 3 is 3.00 bits per heavy atom. The number of carboxylic acids is 1. The van der Waals surface area contributed by atoms with Crippen molar-refractivity contribution in [1.29, 1.82) is 0 Å². The number of hydrogen-bond donors (Lipinski definition) is 1. The third-order valence-corrected chi connectivity index (χ3v) is 5.47. The Kier molecular flexibility index (Phi) is 4.29. The molecule has 1 saturated carbocycles. The predicted molar refractivity (Wildman–Crippen MR) is 89.2 cm³/mol. The predicted octanol–water partition coefficient (Wildman–Crippen LogP) is 3.70. The highest BCUT2D eigenvalue weighted by Crippen LogP contribution is 2.40. The first-order chi connectivity index (χ1) is 12.1. The summed E-state index contributed by atoms with van der Waals surface area (Å²) in [5.41, 5.74) is 1.27. The van der Waals surface area contributed by atoms with E-state index in [0.29, 0.717) is 42.1 Å². The molecule has 6 heteroatoms. The number of hydrogen-bond acceptors (Lipinski definition) is 4. The molecular weight excluding hydrogens is 323 g/mol. The summed E-state index contributed by atoms with van der Waals surface area (Å²) in [5.74, 6) is -0.277. The van der Waals surface area contributed by atoms with E-state index in [0.717, 1.165) is 19.3 Å². The normalized spacial score (nSPS) is 26.5. The zero-order valence-corrected chi connectivity index (χ0v) is 13.9. The van der Waals surface area contributed by atoms with Gasteiger partial charge in [0.05, 0.1) is 5.69 Å². The van der Waals surface area contributed by atoms with Crippen LogP contribution in [0.25, 0.3) is 11.5 Å². The van der Waals surface area contributed by atoms with Crippen molar-refractivity contribution < 1.29 is 18.7 Å². The summed E-state index contributed by atoms with van der Waals surface area (Å²) in [7, 11) is 0. The van der Waals surface area contributed by atoms with Crippen molar-refractivity contribution in [1.82, 2.24) is 9.88 Å². The minimum absolute atomic E-state index is 0.309. The number of benzene rings is 1. The number of aliphatic carboxylic acids is 1. The van der Waals surface area contributed by atoms with Crippen molar-refractivity contribution in [2.24, 2.45) is 5.92 Å². The highest BCUT2D eigenvalue weighted by Gasteiger charge is 2.45. The van der Waals surface area contributed by atoms with E-state index in [1.165, 1.54) is 18.6 Å². The molecule has 1 aromatic heterocycles. The molecule has 0 spiro atoms. The fourth-order valence-electron chi connectivity index (χ4n) is 4.34. The molecule has 1 aromatic carbocycles. The van der Waals surface area contributed by atoms with Crippen molar-refractivity contribution >= 4 is 5.97 Å². The average Bonchev–Trinajstić information content (AvgIpc) is 3.21. The summed E-state index contributed by atoms with van der Waals surface area (Å²) < 4.78 is 18.9. The number of halogens is 1. The summed E-state index contributed by atoms with van der Waals surface area (Å²) in [4.78, 5) is 18.2. The van der Waals surface area contributed by atoms with Crippen LogP contribution >= 0.6 is 0 Å². The van der Waals surface area contributed by atoms with Crippen LogP contribution in [0.5, 0.6) is 0 Å². The lowest BCUT2D eigenvalue weighted by atomic mass is 9.85. The van der Waals surface area contributed by atoms with Crippen LogP contribution in [0.1, 0.15) is 37.8 Å². The van der Waals surface area contributed by atoms with Gasteiger partial charge in [-0.2, -0.15) is 0 Å². The quantitative estimate of drug-likeness (QED) is 0.916. The highest BCUT2D eigenvalue weighted by molar-refractivity contribution is 5.74. The van der Waals surface area contributed by atoms with E-state index < -0.39 is 12.0 Å². The van der Waals surface area contributed by atoms with E-state index >= 15 is 0 Å². The van der Waals surface area contributed by atoms with Crippen molar-refractivity contribution in [3.8, 4) is 11.5 Å². The number of carboxylic acid groups (broad SMARTS) is 1. The van der Waals surface area contributed by atoms with E-state index in [-0.39, 0.29) is 5.82 Å². The number of fused-ring (bicyclic) bond motifs is 1. The topological polar surface area (TPSA) is 66.6 Å². The van der Waals surface area contributed by atoms with Gasteiger partial charge in [-0.15, -0.1) is 0 Å². The standard InChI is InChI=1S/C19H21FN2O3/c20-14-6-3-5-13(8-14)18-21-15(11-25-18)10-22-16-7-2-1-4-12(16)9-17(22)19(23)24/h3,5-6,8,11-12,16-17H,1-2,4,7,9-10H2,(H,23,24)/t12-,16-,17+/m1/s1. The summed E-state index contributed by atoms with van der Waals surface area (Å²) in [6.45, 7) is 0.455. The van der Waals surface area contributed by atoms with Crippen LogP contribution in [-0.2, 0) is 11.3 Å². The molecule has 1 N–H and O–H groups in total. The molecule has 2 aromatic rings.